The van der Waals surface area contributed by atoms with E-state index in [9.17, 15) is 31.1 Å². The number of carbonyl (C=O) groups excluding carboxylic acids is 1. The Labute approximate surface area is 232 Å². The van der Waals surface area contributed by atoms with Crippen molar-refractivity contribution in [2.24, 2.45) is 0 Å². The maximum atomic E-state index is 14.1. The number of fused-ring (bicyclic) bond motifs is 1. The molecule has 0 N–H and O–H groups in total. The van der Waals surface area contributed by atoms with Crippen molar-refractivity contribution in [3.05, 3.63) is 88.5 Å². The highest BCUT2D eigenvalue weighted by atomic mass is 19.4. The van der Waals surface area contributed by atoms with Gasteiger partial charge in [0.05, 0.1) is 16.8 Å². The SMILES string of the molecule is Cc1ccn2c(C(=O)CCc3ccc(N4CCN(c5ccc(C(F)(F)F)cn5)CC4)c(C(F)(F)F)c3)c(C)nc2c1. The van der Waals surface area contributed by atoms with Crippen LogP contribution in [0.4, 0.5) is 37.8 Å². The lowest BCUT2D eigenvalue weighted by Gasteiger charge is -2.37. The third-order valence-corrected chi connectivity index (χ3v) is 7.25. The van der Waals surface area contributed by atoms with Crippen molar-refractivity contribution in [2.45, 2.75) is 39.0 Å². The first kappa shape index (κ1) is 28.4. The van der Waals surface area contributed by atoms with E-state index in [4.69, 9.17) is 0 Å². The van der Waals surface area contributed by atoms with Gasteiger partial charge in [0.2, 0.25) is 0 Å². The van der Waals surface area contributed by atoms with E-state index >= 15 is 0 Å². The van der Waals surface area contributed by atoms with Crippen LogP contribution in [0.25, 0.3) is 5.65 Å². The van der Waals surface area contributed by atoms with Crippen molar-refractivity contribution in [3.63, 3.8) is 0 Å². The molecule has 5 rings (SSSR count). The third-order valence-electron chi connectivity index (χ3n) is 7.25. The normalized spacial score (nSPS) is 14.6. The number of ketones is 1. The van der Waals surface area contributed by atoms with Crippen LogP contribution in [0.15, 0.2) is 54.9 Å². The number of halogens is 6. The van der Waals surface area contributed by atoms with Crippen molar-refractivity contribution in [1.29, 1.82) is 0 Å². The zero-order valence-corrected chi connectivity index (χ0v) is 22.4. The molecule has 3 aromatic heterocycles. The second kappa shape index (κ2) is 10.7. The Morgan fingerprint density at radius 1 is 0.878 bits per heavy atom. The van der Waals surface area contributed by atoms with E-state index in [2.05, 4.69) is 9.97 Å². The van der Waals surface area contributed by atoms with Gasteiger partial charge in [-0.1, -0.05) is 6.07 Å². The van der Waals surface area contributed by atoms with Crippen LogP contribution >= 0.6 is 0 Å². The van der Waals surface area contributed by atoms with Crippen LogP contribution in [-0.2, 0) is 18.8 Å². The third kappa shape index (κ3) is 6.01. The molecular weight excluding hydrogens is 548 g/mol. The number of hydrogen-bond donors (Lipinski definition) is 0. The summed E-state index contributed by atoms with van der Waals surface area (Å²) in [7, 11) is 0. The van der Waals surface area contributed by atoms with E-state index in [1.807, 2.05) is 19.1 Å². The van der Waals surface area contributed by atoms with Gasteiger partial charge in [-0.3, -0.25) is 9.20 Å². The molecule has 1 fully saturated rings. The smallest absolute Gasteiger partial charge is 0.367 e. The van der Waals surface area contributed by atoms with Gasteiger partial charge in [-0.2, -0.15) is 26.3 Å². The Morgan fingerprint density at radius 2 is 1.59 bits per heavy atom. The van der Waals surface area contributed by atoms with E-state index in [0.29, 0.717) is 41.5 Å². The summed E-state index contributed by atoms with van der Waals surface area (Å²) in [6, 6.07) is 10.1. The van der Waals surface area contributed by atoms with Gasteiger partial charge in [0, 0.05) is 50.7 Å². The summed E-state index contributed by atoms with van der Waals surface area (Å²) in [6.07, 6.45) is -6.43. The largest absolute Gasteiger partial charge is 0.418 e. The number of anilines is 2. The molecule has 0 aliphatic carbocycles. The molecule has 0 unspecified atom stereocenters. The standard InChI is InChI=1S/C29H27F6N5O/c1-18-9-10-40-26(15-18)37-19(2)27(40)24(41)7-4-20-3-6-23(22(16-20)29(33,34)35)38-11-13-39(14-12-38)25-8-5-21(17-36-25)28(30,31)32/h3,5-6,8-10,15-17H,4,7,11-14H2,1-2H3. The second-order valence-electron chi connectivity index (χ2n) is 10.1. The lowest BCUT2D eigenvalue weighted by molar-refractivity contribution is -0.138. The summed E-state index contributed by atoms with van der Waals surface area (Å²) in [5, 5.41) is 0. The fourth-order valence-corrected chi connectivity index (χ4v) is 5.14. The number of piperazine rings is 1. The fourth-order valence-electron chi connectivity index (χ4n) is 5.14. The van der Waals surface area contributed by atoms with E-state index in [-0.39, 0.29) is 37.4 Å². The van der Waals surface area contributed by atoms with Crippen molar-refractivity contribution in [3.8, 4) is 0 Å². The first-order chi connectivity index (χ1) is 19.3. The average molecular weight is 576 g/mol. The second-order valence-corrected chi connectivity index (χ2v) is 10.1. The molecule has 216 valence electrons. The zero-order chi connectivity index (χ0) is 29.5. The monoisotopic (exact) mass is 575 g/mol. The van der Waals surface area contributed by atoms with Crippen LogP contribution < -0.4 is 9.80 Å². The molecule has 0 spiro atoms. The lowest BCUT2D eigenvalue weighted by atomic mass is 10.0. The molecule has 12 heteroatoms. The van der Waals surface area contributed by atoms with Gasteiger partial charge in [-0.25, -0.2) is 9.97 Å². The Hall–Kier alpha value is -4.09. The Morgan fingerprint density at radius 3 is 2.22 bits per heavy atom. The molecule has 1 aliphatic heterocycles. The van der Waals surface area contributed by atoms with E-state index in [1.165, 1.54) is 12.1 Å². The maximum Gasteiger partial charge on any atom is 0.418 e. The predicted octanol–water partition coefficient (Wildman–Crippen LogP) is 6.53. The number of imidazole rings is 1. The number of aromatic nitrogens is 3. The first-order valence-electron chi connectivity index (χ1n) is 13.0. The fraction of sp³-hybridized carbons (Fsp3) is 0.345. The Bertz CT molecular complexity index is 1570. The number of benzene rings is 1. The summed E-state index contributed by atoms with van der Waals surface area (Å²) in [4.78, 5) is 24.7. The molecule has 0 atom stereocenters. The number of carbonyl (C=O) groups is 1. The van der Waals surface area contributed by atoms with Gasteiger partial charge >= 0.3 is 12.4 Å². The lowest BCUT2D eigenvalue weighted by Crippen LogP contribution is -2.47. The topological polar surface area (TPSA) is 53.7 Å². The number of nitrogens with zero attached hydrogens (tertiary/aromatic N) is 5. The first-order valence-corrected chi connectivity index (χ1v) is 13.0. The van der Waals surface area contributed by atoms with E-state index in [1.54, 1.807) is 33.4 Å². The van der Waals surface area contributed by atoms with Crippen LogP contribution in [0.1, 0.15) is 44.9 Å². The molecule has 0 radical (unpaired) electrons. The van der Waals surface area contributed by atoms with Gasteiger partial charge in [0.25, 0.3) is 0 Å². The Balaban J connectivity index is 1.28. The van der Waals surface area contributed by atoms with E-state index in [0.717, 1.165) is 23.9 Å². The molecule has 0 saturated carbocycles. The maximum absolute atomic E-state index is 14.1. The number of Topliss-reactive ketones (excluding diaryl/α,β-unsaturated/α-hetero) is 1. The average Bonchev–Trinajstić information content (AvgIpc) is 3.25. The quantitative estimate of drug-likeness (QED) is 0.194. The highest BCUT2D eigenvalue weighted by molar-refractivity contribution is 5.96. The molecule has 0 amide bonds. The molecule has 41 heavy (non-hydrogen) atoms. The van der Waals surface area contributed by atoms with Crippen LogP contribution in [0.5, 0.6) is 0 Å². The molecule has 1 aliphatic rings. The van der Waals surface area contributed by atoms with Gasteiger partial charge in [0.15, 0.2) is 5.78 Å². The number of rotatable bonds is 6. The number of aryl methyl sites for hydroxylation is 3. The minimum Gasteiger partial charge on any atom is -0.367 e. The van der Waals surface area contributed by atoms with Crippen molar-refractivity contribution in [2.75, 3.05) is 36.0 Å². The van der Waals surface area contributed by atoms with Gasteiger partial charge in [-0.05, 0) is 67.8 Å². The molecule has 1 saturated heterocycles. The highest BCUT2D eigenvalue weighted by Gasteiger charge is 2.36. The molecule has 1 aromatic carbocycles. The van der Waals surface area contributed by atoms with Gasteiger partial charge in [-0.15, -0.1) is 0 Å². The van der Waals surface area contributed by atoms with Gasteiger partial charge < -0.3 is 9.80 Å². The van der Waals surface area contributed by atoms with Crippen molar-refractivity contribution in [1.82, 2.24) is 14.4 Å². The summed E-state index contributed by atoms with van der Waals surface area (Å²) >= 11 is 0. The van der Waals surface area contributed by atoms with Crippen LogP contribution in [0, 0.1) is 13.8 Å². The molecular formula is C29H27F6N5O. The number of hydrogen-bond acceptors (Lipinski definition) is 5. The minimum atomic E-state index is -4.61. The summed E-state index contributed by atoms with van der Waals surface area (Å²) < 4.78 is 82.6. The number of pyridine rings is 2. The number of alkyl halides is 6. The van der Waals surface area contributed by atoms with Crippen LogP contribution in [0.2, 0.25) is 0 Å². The van der Waals surface area contributed by atoms with Gasteiger partial charge in [0.1, 0.15) is 17.2 Å². The van der Waals surface area contributed by atoms with Crippen LogP contribution in [0.3, 0.4) is 0 Å². The minimum absolute atomic E-state index is 0.0258. The van der Waals surface area contributed by atoms with E-state index < -0.39 is 23.5 Å². The molecule has 4 aromatic rings. The zero-order valence-electron chi connectivity index (χ0n) is 22.4. The molecule has 0 bridgehead atoms. The predicted molar refractivity (Wildman–Crippen MR) is 142 cm³/mol. The van der Waals surface area contributed by atoms with Crippen molar-refractivity contribution >= 4 is 22.9 Å². The summed E-state index contributed by atoms with van der Waals surface area (Å²) in [5.41, 5.74) is 1.41. The highest BCUT2D eigenvalue weighted by Crippen LogP contribution is 2.38. The Kier molecular flexibility index (Phi) is 7.43. The summed E-state index contributed by atoms with van der Waals surface area (Å²) in [6.45, 7) is 4.71. The van der Waals surface area contributed by atoms with Crippen molar-refractivity contribution < 1.29 is 31.1 Å². The molecule has 6 nitrogen and oxygen atoms in total. The summed E-state index contributed by atoms with van der Waals surface area (Å²) in [5.74, 6) is 0.134. The molecule has 4 heterocycles. The van der Waals surface area contributed by atoms with Crippen LogP contribution in [-0.4, -0.2) is 46.3 Å².